The molecular formula is C10H8Cl2O2. The van der Waals surface area contributed by atoms with Crippen molar-refractivity contribution < 1.29 is 9.53 Å². The van der Waals surface area contributed by atoms with E-state index in [0.29, 0.717) is 34.2 Å². The molecule has 0 N–H and O–H groups in total. The zero-order chi connectivity index (χ0) is 10.3. The summed E-state index contributed by atoms with van der Waals surface area (Å²) in [4.78, 5) is 11.4. The second-order valence-corrected chi connectivity index (χ2v) is 3.91. The van der Waals surface area contributed by atoms with Gasteiger partial charge < -0.3 is 4.74 Å². The third-order valence-corrected chi connectivity index (χ3v) is 3.29. The Morgan fingerprint density at radius 1 is 1.29 bits per heavy atom. The Bertz CT molecular complexity index is 413. The number of fused-ring (bicyclic) bond motifs is 1. The first-order valence-electron chi connectivity index (χ1n) is 4.23. The van der Waals surface area contributed by atoms with Crippen molar-refractivity contribution in [3.63, 3.8) is 0 Å². The van der Waals surface area contributed by atoms with Gasteiger partial charge in [0.15, 0.2) is 5.78 Å². The molecule has 1 aliphatic rings. The maximum Gasteiger partial charge on any atom is 0.163 e. The van der Waals surface area contributed by atoms with Gasteiger partial charge in [-0.25, -0.2) is 0 Å². The lowest BCUT2D eigenvalue weighted by Gasteiger charge is -2.08. The first kappa shape index (κ1) is 9.81. The minimum Gasteiger partial charge on any atom is -0.495 e. The predicted octanol–water partition coefficient (Wildman–Crippen LogP) is 3.13. The Hall–Kier alpha value is -0.730. The quantitative estimate of drug-likeness (QED) is 0.742. The van der Waals surface area contributed by atoms with E-state index in [1.54, 1.807) is 6.07 Å². The summed E-state index contributed by atoms with van der Waals surface area (Å²) in [6.07, 6.45) is 1.19. The highest BCUT2D eigenvalue weighted by Gasteiger charge is 2.25. The van der Waals surface area contributed by atoms with Gasteiger partial charge in [-0.05, 0) is 18.1 Å². The number of Topliss-reactive ketones (excluding diaryl/α,β-unsaturated/α-hetero) is 1. The number of halogens is 2. The molecule has 0 unspecified atom stereocenters. The van der Waals surface area contributed by atoms with Crippen LogP contribution in [0.4, 0.5) is 0 Å². The van der Waals surface area contributed by atoms with Gasteiger partial charge in [-0.1, -0.05) is 23.2 Å². The Kier molecular flexibility index (Phi) is 2.41. The predicted molar refractivity (Wildman–Crippen MR) is 55.7 cm³/mol. The molecule has 1 aromatic rings. The minimum atomic E-state index is 0.108. The third kappa shape index (κ3) is 1.30. The van der Waals surface area contributed by atoms with E-state index in [-0.39, 0.29) is 5.78 Å². The van der Waals surface area contributed by atoms with Crippen LogP contribution in [0.2, 0.25) is 10.0 Å². The van der Waals surface area contributed by atoms with Crippen LogP contribution >= 0.6 is 23.2 Å². The Morgan fingerprint density at radius 2 is 2.00 bits per heavy atom. The number of benzene rings is 1. The van der Waals surface area contributed by atoms with Crippen molar-refractivity contribution in [2.45, 2.75) is 12.8 Å². The standard InChI is InChI=1S/C10H8Cl2O2/c1-14-8-4-6-5(2-3-7(6)13)9(11)10(8)12/h4H,2-3H2,1H3. The van der Waals surface area contributed by atoms with Gasteiger partial charge in [-0.15, -0.1) is 0 Å². The maximum absolute atomic E-state index is 11.4. The van der Waals surface area contributed by atoms with E-state index in [1.165, 1.54) is 7.11 Å². The molecule has 1 aromatic carbocycles. The van der Waals surface area contributed by atoms with E-state index >= 15 is 0 Å². The molecule has 0 atom stereocenters. The van der Waals surface area contributed by atoms with Gasteiger partial charge in [0.2, 0.25) is 0 Å². The van der Waals surface area contributed by atoms with Gasteiger partial charge >= 0.3 is 0 Å². The van der Waals surface area contributed by atoms with Crippen LogP contribution in [-0.4, -0.2) is 12.9 Å². The van der Waals surface area contributed by atoms with Gasteiger partial charge in [0.25, 0.3) is 0 Å². The lowest BCUT2D eigenvalue weighted by molar-refractivity contribution is 0.0994. The summed E-state index contributed by atoms with van der Waals surface area (Å²) in [6, 6.07) is 1.67. The number of hydrogen-bond donors (Lipinski definition) is 0. The van der Waals surface area contributed by atoms with Crippen molar-refractivity contribution in [1.82, 2.24) is 0 Å². The maximum atomic E-state index is 11.4. The van der Waals surface area contributed by atoms with Crippen molar-refractivity contribution in [2.75, 3.05) is 7.11 Å². The largest absolute Gasteiger partial charge is 0.495 e. The molecule has 0 spiro atoms. The smallest absolute Gasteiger partial charge is 0.163 e. The molecule has 1 aliphatic carbocycles. The monoisotopic (exact) mass is 230 g/mol. The highest BCUT2D eigenvalue weighted by molar-refractivity contribution is 6.44. The molecule has 0 amide bonds. The molecule has 0 aromatic heterocycles. The Balaban J connectivity index is 2.68. The van der Waals surface area contributed by atoms with Crippen molar-refractivity contribution >= 4 is 29.0 Å². The molecule has 0 saturated heterocycles. The second-order valence-electron chi connectivity index (χ2n) is 3.16. The number of ether oxygens (including phenoxy) is 1. The van der Waals surface area contributed by atoms with Crippen LogP contribution in [0.25, 0.3) is 0 Å². The Morgan fingerprint density at radius 3 is 2.64 bits per heavy atom. The van der Waals surface area contributed by atoms with Crippen molar-refractivity contribution in [3.8, 4) is 5.75 Å². The van der Waals surface area contributed by atoms with Crippen molar-refractivity contribution in [2.24, 2.45) is 0 Å². The number of ketones is 1. The summed E-state index contributed by atoms with van der Waals surface area (Å²) in [6.45, 7) is 0. The highest BCUT2D eigenvalue weighted by atomic mass is 35.5. The van der Waals surface area contributed by atoms with E-state index in [0.717, 1.165) is 5.56 Å². The summed E-state index contributed by atoms with van der Waals surface area (Å²) in [5.74, 6) is 0.572. The molecule has 0 saturated carbocycles. The number of carbonyl (C=O) groups is 1. The van der Waals surface area contributed by atoms with E-state index in [1.807, 2.05) is 0 Å². The molecule has 2 nitrogen and oxygen atoms in total. The second kappa shape index (κ2) is 3.44. The summed E-state index contributed by atoms with van der Waals surface area (Å²) < 4.78 is 5.03. The zero-order valence-corrected chi connectivity index (χ0v) is 9.08. The summed E-state index contributed by atoms with van der Waals surface area (Å²) in [5, 5.41) is 0.842. The van der Waals surface area contributed by atoms with Crippen molar-refractivity contribution in [3.05, 3.63) is 27.2 Å². The summed E-state index contributed by atoms with van der Waals surface area (Å²) >= 11 is 12.0. The molecule has 0 bridgehead atoms. The van der Waals surface area contributed by atoms with Crippen LogP contribution in [-0.2, 0) is 6.42 Å². The van der Waals surface area contributed by atoms with Gasteiger partial charge in [0.1, 0.15) is 10.8 Å². The lowest BCUT2D eigenvalue weighted by atomic mass is 10.1. The fourth-order valence-electron chi connectivity index (χ4n) is 1.66. The zero-order valence-electron chi connectivity index (χ0n) is 7.56. The molecule has 4 heteroatoms. The fraction of sp³-hybridized carbons (Fsp3) is 0.300. The first-order valence-corrected chi connectivity index (χ1v) is 4.98. The van der Waals surface area contributed by atoms with E-state index in [4.69, 9.17) is 27.9 Å². The average molecular weight is 231 g/mol. The molecule has 14 heavy (non-hydrogen) atoms. The van der Waals surface area contributed by atoms with Gasteiger partial charge in [0.05, 0.1) is 12.1 Å². The number of methoxy groups -OCH3 is 1. The number of carbonyl (C=O) groups excluding carboxylic acids is 1. The average Bonchev–Trinajstić information content (AvgIpc) is 2.54. The van der Waals surface area contributed by atoms with E-state index in [2.05, 4.69) is 0 Å². The topological polar surface area (TPSA) is 26.3 Å². The number of hydrogen-bond acceptors (Lipinski definition) is 2. The molecule has 0 radical (unpaired) electrons. The van der Waals surface area contributed by atoms with Crippen LogP contribution in [0, 0.1) is 0 Å². The highest BCUT2D eigenvalue weighted by Crippen LogP contribution is 2.40. The summed E-state index contributed by atoms with van der Waals surface area (Å²) in [7, 11) is 1.50. The van der Waals surface area contributed by atoms with Gasteiger partial charge in [-0.2, -0.15) is 0 Å². The van der Waals surface area contributed by atoms with Gasteiger partial charge in [0, 0.05) is 12.0 Å². The van der Waals surface area contributed by atoms with E-state index in [9.17, 15) is 4.79 Å². The SMILES string of the molecule is COc1cc2c(c(Cl)c1Cl)CCC2=O. The van der Waals surface area contributed by atoms with Crippen LogP contribution in [0.3, 0.4) is 0 Å². The van der Waals surface area contributed by atoms with Gasteiger partial charge in [-0.3, -0.25) is 4.79 Å². The Labute approximate surface area is 91.8 Å². The molecular weight excluding hydrogens is 223 g/mol. The van der Waals surface area contributed by atoms with Crippen LogP contribution in [0.1, 0.15) is 22.3 Å². The molecule has 0 aliphatic heterocycles. The number of rotatable bonds is 1. The van der Waals surface area contributed by atoms with E-state index < -0.39 is 0 Å². The van der Waals surface area contributed by atoms with Crippen LogP contribution < -0.4 is 4.74 Å². The minimum absolute atomic E-state index is 0.108. The summed E-state index contributed by atoms with van der Waals surface area (Å²) in [5.41, 5.74) is 1.50. The third-order valence-electron chi connectivity index (χ3n) is 2.40. The fourth-order valence-corrected chi connectivity index (χ4v) is 2.19. The normalized spacial score (nSPS) is 14.4. The lowest BCUT2D eigenvalue weighted by Crippen LogP contribution is -1.94. The molecule has 0 fully saturated rings. The molecule has 74 valence electrons. The molecule has 2 rings (SSSR count). The first-order chi connectivity index (χ1) is 6.65. The van der Waals surface area contributed by atoms with Crippen LogP contribution in [0.15, 0.2) is 6.07 Å². The molecule has 0 heterocycles. The van der Waals surface area contributed by atoms with Crippen LogP contribution in [0.5, 0.6) is 5.75 Å². The van der Waals surface area contributed by atoms with Crippen molar-refractivity contribution in [1.29, 1.82) is 0 Å².